The summed E-state index contributed by atoms with van der Waals surface area (Å²) in [6.45, 7) is 0. The Hall–Kier alpha value is -8.17. The number of nitrogens with zero attached hydrogens (tertiary/aromatic N) is 5. The molecule has 0 fully saturated rings. The zero-order valence-electron chi connectivity index (χ0n) is 30.5. The highest BCUT2D eigenvalue weighted by atomic mass is 16.3. The molecule has 272 valence electrons. The molecule has 0 saturated heterocycles. The topological polar surface area (TPSA) is 108 Å². The van der Waals surface area contributed by atoms with Crippen molar-refractivity contribution >= 4 is 71.6 Å². The summed E-state index contributed by atoms with van der Waals surface area (Å²) in [6, 6.07) is 52.4. The van der Waals surface area contributed by atoms with Gasteiger partial charge in [-0.1, -0.05) is 103 Å². The number of aromatic nitrogens is 5. The van der Waals surface area contributed by atoms with Gasteiger partial charge in [-0.05, 0) is 71.8 Å². The molecular formula is C49H27N5O4. The number of hydrogen-bond donors (Lipinski definition) is 0. The maximum atomic E-state index is 14.6. The lowest BCUT2D eigenvalue weighted by Gasteiger charge is -2.15. The van der Waals surface area contributed by atoms with Crippen LogP contribution in [0.3, 0.4) is 0 Å². The second-order valence-electron chi connectivity index (χ2n) is 14.3. The molecule has 0 atom stereocenters. The summed E-state index contributed by atoms with van der Waals surface area (Å²) < 4.78 is 16.1. The van der Waals surface area contributed by atoms with Crippen molar-refractivity contribution in [1.82, 2.24) is 23.9 Å². The second kappa shape index (κ2) is 12.2. The highest BCUT2D eigenvalue weighted by molar-refractivity contribution is 6.12. The monoisotopic (exact) mass is 749 g/mol. The molecule has 0 amide bonds. The fraction of sp³-hybridized carbons (Fsp3) is 0. The Morgan fingerprint density at radius 1 is 0.466 bits per heavy atom. The molecule has 0 unspecified atom stereocenters. The first-order chi connectivity index (χ1) is 28.6. The van der Waals surface area contributed by atoms with Gasteiger partial charge >= 0.3 is 0 Å². The van der Waals surface area contributed by atoms with Crippen LogP contribution >= 0.6 is 0 Å². The van der Waals surface area contributed by atoms with Crippen molar-refractivity contribution in [2.75, 3.05) is 0 Å². The van der Waals surface area contributed by atoms with Gasteiger partial charge in [0.25, 0.3) is 11.1 Å². The van der Waals surface area contributed by atoms with Crippen molar-refractivity contribution in [3.8, 4) is 39.5 Å². The summed E-state index contributed by atoms with van der Waals surface area (Å²) >= 11 is 0. The van der Waals surface area contributed by atoms with Crippen LogP contribution in [0.4, 0.5) is 0 Å². The van der Waals surface area contributed by atoms with Gasteiger partial charge in [-0.2, -0.15) is 0 Å². The van der Waals surface area contributed by atoms with Crippen LogP contribution in [0.1, 0.15) is 0 Å². The van der Waals surface area contributed by atoms with Gasteiger partial charge in [-0.3, -0.25) is 18.6 Å². The SMILES string of the molecule is O=c1c2nc3ccccc3c(=O)n2c2ccccc2n1-c1cccc2oc3ccc(-c4ccc5c(c4)oc4c(-c6ccccc6)nc(-c6ccccc6)nc45)cc3c12. The maximum Gasteiger partial charge on any atom is 0.299 e. The van der Waals surface area contributed by atoms with Crippen molar-refractivity contribution in [1.29, 1.82) is 0 Å². The molecular weight excluding hydrogens is 723 g/mol. The van der Waals surface area contributed by atoms with Crippen LogP contribution in [0.25, 0.3) is 111 Å². The minimum Gasteiger partial charge on any atom is -0.456 e. The molecule has 5 aromatic heterocycles. The van der Waals surface area contributed by atoms with Crippen molar-refractivity contribution in [2.45, 2.75) is 0 Å². The molecule has 12 aromatic rings. The third-order valence-corrected chi connectivity index (χ3v) is 11.0. The highest BCUT2D eigenvalue weighted by Crippen LogP contribution is 2.40. The number of rotatable bonds is 4. The first-order valence-corrected chi connectivity index (χ1v) is 18.9. The molecule has 0 aliphatic heterocycles. The van der Waals surface area contributed by atoms with E-state index in [1.807, 2.05) is 127 Å². The Morgan fingerprint density at radius 2 is 1.19 bits per heavy atom. The Balaban J connectivity index is 1.07. The van der Waals surface area contributed by atoms with E-state index in [1.165, 1.54) is 4.40 Å². The van der Waals surface area contributed by atoms with Gasteiger partial charge < -0.3 is 8.83 Å². The maximum absolute atomic E-state index is 14.6. The molecule has 0 spiro atoms. The Morgan fingerprint density at radius 3 is 2.03 bits per heavy atom. The van der Waals surface area contributed by atoms with E-state index < -0.39 is 5.56 Å². The lowest BCUT2D eigenvalue weighted by Crippen LogP contribution is -2.28. The first-order valence-electron chi connectivity index (χ1n) is 18.9. The Bertz CT molecular complexity index is 3790. The molecule has 0 N–H and O–H groups in total. The van der Waals surface area contributed by atoms with E-state index in [4.69, 9.17) is 23.8 Å². The molecule has 58 heavy (non-hydrogen) atoms. The van der Waals surface area contributed by atoms with E-state index in [1.54, 1.807) is 22.8 Å². The smallest absolute Gasteiger partial charge is 0.299 e. The van der Waals surface area contributed by atoms with E-state index in [-0.39, 0.29) is 11.2 Å². The summed E-state index contributed by atoms with van der Waals surface area (Å²) in [7, 11) is 0. The van der Waals surface area contributed by atoms with E-state index >= 15 is 0 Å². The molecule has 9 nitrogen and oxygen atoms in total. The molecule has 9 heteroatoms. The zero-order valence-corrected chi connectivity index (χ0v) is 30.5. The van der Waals surface area contributed by atoms with Crippen molar-refractivity contribution in [3.63, 3.8) is 0 Å². The Kier molecular flexibility index (Phi) is 6.73. The van der Waals surface area contributed by atoms with E-state index in [0.717, 1.165) is 49.6 Å². The molecule has 0 aliphatic rings. The molecule has 7 aromatic carbocycles. The van der Waals surface area contributed by atoms with Gasteiger partial charge in [0.15, 0.2) is 11.4 Å². The lowest BCUT2D eigenvalue weighted by atomic mass is 10.0. The lowest BCUT2D eigenvalue weighted by molar-refractivity contribution is 0.667. The third kappa shape index (κ3) is 4.67. The number of benzene rings is 7. The largest absolute Gasteiger partial charge is 0.456 e. The molecule has 0 bridgehead atoms. The van der Waals surface area contributed by atoms with E-state index in [9.17, 15) is 9.59 Å². The summed E-state index contributed by atoms with van der Waals surface area (Å²) in [5.41, 5.74) is 9.36. The van der Waals surface area contributed by atoms with Crippen LogP contribution in [0.5, 0.6) is 0 Å². The summed E-state index contributed by atoms with van der Waals surface area (Å²) in [5, 5.41) is 2.92. The van der Waals surface area contributed by atoms with Crippen LogP contribution in [0.15, 0.2) is 182 Å². The van der Waals surface area contributed by atoms with Crippen molar-refractivity contribution < 1.29 is 8.83 Å². The average molecular weight is 750 g/mol. The average Bonchev–Trinajstić information content (AvgIpc) is 3.85. The molecule has 0 radical (unpaired) electrons. The number of para-hydroxylation sites is 3. The van der Waals surface area contributed by atoms with Crippen LogP contribution < -0.4 is 11.1 Å². The Labute approximate surface area is 327 Å². The van der Waals surface area contributed by atoms with Crippen LogP contribution in [-0.2, 0) is 0 Å². The first kappa shape index (κ1) is 32.1. The predicted octanol–water partition coefficient (Wildman–Crippen LogP) is 10.7. The van der Waals surface area contributed by atoms with E-state index in [0.29, 0.717) is 55.8 Å². The van der Waals surface area contributed by atoms with Crippen molar-refractivity contribution in [2.24, 2.45) is 0 Å². The number of furan rings is 2. The summed E-state index contributed by atoms with van der Waals surface area (Å²) in [5.74, 6) is 0.626. The van der Waals surface area contributed by atoms with Crippen LogP contribution in [0.2, 0.25) is 0 Å². The molecule has 0 aliphatic carbocycles. The zero-order chi connectivity index (χ0) is 38.5. The van der Waals surface area contributed by atoms with Gasteiger partial charge in [0, 0.05) is 21.9 Å². The quantitative estimate of drug-likeness (QED) is 0.130. The van der Waals surface area contributed by atoms with E-state index in [2.05, 4.69) is 18.2 Å². The van der Waals surface area contributed by atoms with Gasteiger partial charge in [0.2, 0.25) is 5.65 Å². The van der Waals surface area contributed by atoms with Crippen molar-refractivity contribution in [3.05, 3.63) is 184 Å². The van der Waals surface area contributed by atoms with Gasteiger partial charge in [0.05, 0.1) is 33.0 Å². The molecule has 12 rings (SSSR count). The standard InChI is InChI=1S/C49H27N5O4/c55-48-32-16-7-8-17-35(32)50-47-49(56)53(36-18-9-10-19-37(36)54(47)48)38-20-11-21-40-42(38)34-26-30(23-25-39(34)57-40)31-22-24-33-41(27-31)58-45-43(28-12-3-1-4-13-28)51-46(52-44(33)45)29-14-5-2-6-15-29/h1-27H. The number of fused-ring (bicyclic) bond motifs is 10. The minimum absolute atomic E-state index is 0.0445. The third-order valence-electron chi connectivity index (χ3n) is 11.0. The van der Waals surface area contributed by atoms with Crippen LogP contribution in [0, 0.1) is 0 Å². The second-order valence-corrected chi connectivity index (χ2v) is 14.3. The normalized spacial score (nSPS) is 11.9. The fourth-order valence-electron chi connectivity index (χ4n) is 8.29. The van der Waals surface area contributed by atoms with Gasteiger partial charge in [-0.25, -0.2) is 15.0 Å². The van der Waals surface area contributed by atoms with Gasteiger partial charge in [0.1, 0.15) is 28.0 Å². The minimum atomic E-state index is -0.414. The highest BCUT2D eigenvalue weighted by Gasteiger charge is 2.22. The molecule has 5 heterocycles. The van der Waals surface area contributed by atoms with Crippen LogP contribution in [-0.4, -0.2) is 23.9 Å². The summed E-state index contributed by atoms with van der Waals surface area (Å²) in [4.78, 5) is 43.3. The van der Waals surface area contributed by atoms with Gasteiger partial charge in [-0.15, -0.1) is 0 Å². The number of hydrogen-bond acceptors (Lipinski definition) is 7. The molecule has 0 saturated carbocycles. The predicted molar refractivity (Wildman–Crippen MR) is 229 cm³/mol. The summed E-state index contributed by atoms with van der Waals surface area (Å²) in [6.07, 6.45) is 0. The fourth-order valence-corrected chi connectivity index (χ4v) is 8.29.